The first kappa shape index (κ1) is 15.3. The van der Waals surface area contributed by atoms with Crippen LogP contribution in [0.25, 0.3) is 0 Å². The van der Waals surface area contributed by atoms with Crippen LogP contribution in [0, 0.1) is 0 Å². The molecule has 0 radical (unpaired) electrons. The van der Waals surface area contributed by atoms with E-state index < -0.39 is 26.8 Å². The van der Waals surface area contributed by atoms with Gasteiger partial charge in [0, 0.05) is 6.04 Å². The van der Waals surface area contributed by atoms with E-state index in [0.717, 1.165) is 24.6 Å². The number of sulfone groups is 1. The van der Waals surface area contributed by atoms with Gasteiger partial charge in [0.1, 0.15) is 0 Å². The summed E-state index contributed by atoms with van der Waals surface area (Å²) >= 11 is 0. The van der Waals surface area contributed by atoms with Crippen molar-refractivity contribution in [2.24, 2.45) is 0 Å². The fraction of sp³-hybridized carbons (Fsp3) is 0.538. The molecule has 1 N–H and O–H groups in total. The zero-order valence-electron chi connectivity index (χ0n) is 10.9. The molecular formula is C13H16F3NO2S. The zero-order valence-corrected chi connectivity index (χ0v) is 11.8. The molecule has 1 saturated carbocycles. The molecule has 0 aromatic heterocycles. The highest BCUT2D eigenvalue weighted by molar-refractivity contribution is 7.92. The first-order valence-electron chi connectivity index (χ1n) is 6.33. The van der Waals surface area contributed by atoms with Crippen molar-refractivity contribution in [1.29, 1.82) is 0 Å². The first-order valence-corrected chi connectivity index (χ1v) is 7.88. The van der Waals surface area contributed by atoms with Crippen molar-refractivity contribution in [3.05, 3.63) is 29.8 Å². The smallest absolute Gasteiger partial charge is 0.317 e. The van der Waals surface area contributed by atoms with E-state index in [9.17, 15) is 21.6 Å². The summed E-state index contributed by atoms with van der Waals surface area (Å²) in [5.74, 6) is 0. The molecule has 3 nitrogen and oxygen atoms in total. The van der Waals surface area contributed by atoms with Crippen molar-refractivity contribution in [2.75, 3.05) is 7.05 Å². The first-order chi connectivity index (χ1) is 9.25. The van der Waals surface area contributed by atoms with Gasteiger partial charge >= 0.3 is 6.18 Å². The zero-order chi connectivity index (χ0) is 15.0. The number of alkyl halides is 3. The van der Waals surface area contributed by atoms with E-state index in [2.05, 4.69) is 5.32 Å². The van der Waals surface area contributed by atoms with Gasteiger partial charge < -0.3 is 5.32 Å². The SMILES string of the molecule is CNC1CCC(S(=O)(=O)c2cccc(C(F)(F)F)c2)C1. The minimum atomic E-state index is -4.53. The molecule has 0 amide bonds. The van der Waals surface area contributed by atoms with Crippen LogP contribution in [-0.4, -0.2) is 26.8 Å². The second-order valence-corrected chi connectivity index (χ2v) is 7.22. The number of benzene rings is 1. The third-order valence-electron chi connectivity index (χ3n) is 3.72. The fourth-order valence-electron chi connectivity index (χ4n) is 2.53. The molecule has 0 saturated heterocycles. The van der Waals surface area contributed by atoms with E-state index in [1.807, 2.05) is 0 Å². The summed E-state index contributed by atoms with van der Waals surface area (Å²) in [6, 6.07) is 4.09. The molecule has 0 spiro atoms. The molecule has 1 aromatic rings. The van der Waals surface area contributed by atoms with Gasteiger partial charge in [0.15, 0.2) is 9.84 Å². The van der Waals surface area contributed by atoms with Crippen LogP contribution >= 0.6 is 0 Å². The van der Waals surface area contributed by atoms with E-state index >= 15 is 0 Å². The average Bonchev–Trinajstić information content (AvgIpc) is 2.87. The highest BCUT2D eigenvalue weighted by atomic mass is 32.2. The molecule has 1 fully saturated rings. The van der Waals surface area contributed by atoms with E-state index in [0.29, 0.717) is 12.8 Å². The summed E-state index contributed by atoms with van der Waals surface area (Å²) in [6.07, 6.45) is -2.90. The number of rotatable bonds is 3. The summed E-state index contributed by atoms with van der Waals surface area (Å²) in [6.45, 7) is 0. The Kier molecular flexibility index (Phi) is 4.11. The van der Waals surface area contributed by atoms with Crippen molar-refractivity contribution < 1.29 is 21.6 Å². The maximum Gasteiger partial charge on any atom is 0.416 e. The summed E-state index contributed by atoms with van der Waals surface area (Å²) in [4.78, 5) is -0.242. The lowest BCUT2D eigenvalue weighted by atomic mass is 10.2. The Hall–Kier alpha value is -1.08. The number of hydrogen-bond donors (Lipinski definition) is 1. The number of hydrogen-bond acceptors (Lipinski definition) is 3. The van der Waals surface area contributed by atoms with Gasteiger partial charge in [-0.05, 0) is 44.5 Å². The lowest BCUT2D eigenvalue weighted by molar-refractivity contribution is -0.137. The van der Waals surface area contributed by atoms with Gasteiger partial charge in [-0.1, -0.05) is 6.07 Å². The van der Waals surface area contributed by atoms with Gasteiger partial charge in [0.05, 0.1) is 15.7 Å². The van der Waals surface area contributed by atoms with E-state index in [-0.39, 0.29) is 10.9 Å². The van der Waals surface area contributed by atoms with Crippen LogP contribution in [0.1, 0.15) is 24.8 Å². The topological polar surface area (TPSA) is 46.2 Å². The van der Waals surface area contributed by atoms with Crippen LogP contribution in [0.3, 0.4) is 0 Å². The Morgan fingerprint density at radius 3 is 2.50 bits per heavy atom. The Balaban J connectivity index is 2.31. The van der Waals surface area contributed by atoms with Gasteiger partial charge in [-0.15, -0.1) is 0 Å². The van der Waals surface area contributed by atoms with Gasteiger partial charge in [-0.25, -0.2) is 8.42 Å². The molecule has 0 bridgehead atoms. The second kappa shape index (κ2) is 5.37. The normalized spacial score (nSPS) is 24.0. The molecule has 1 aromatic carbocycles. The average molecular weight is 307 g/mol. The highest BCUT2D eigenvalue weighted by Crippen LogP contribution is 2.34. The van der Waals surface area contributed by atoms with Crippen molar-refractivity contribution in [1.82, 2.24) is 5.32 Å². The summed E-state index contributed by atoms with van der Waals surface area (Å²) in [7, 11) is -1.95. The Bertz CT molecular complexity index is 584. The maximum absolute atomic E-state index is 12.6. The molecule has 1 aliphatic rings. The molecule has 1 aliphatic carbocycles. The third kappa shape index (κ3) is 2.98. The molecule has 20 heavy (non-hydrogen) atoms. The lowest BCUT2D eigenvalue weighted by Gasteiger charge is -2.14. The van der Waals surface area contributed by atoms with E-state index in [4.69, 9.17) is 0 Å². The lowest BCUT2D eigenvalue weighted by Crippen LogP contribution is -2.25. The monoisotopic (exact) mass is 307 g/mol. The largest absolute Gasteiger partial charge is 0.416 e. The standard InChI is InChI=1S/C13H16F3NO2S/c1-17-10-5-6-12(8-10)20(18,19)11-4-2-3-9(7-11)13(14,15)16/h2-4,7,10,12,17H,5-6,8H2,1H3. The fourth-order valence-corrected chi connectivity index (χ4v) is 4.40. The summed E-state index contributed by atoms with van der Waals surface area (Å²) in [5.41, 5.74) is -0.929. The van der Waals surface area contributed by atoms with E-state index in [1.54, 1.807) is 7.05 Å². The van der Waals surface area contributed by atoms with Gasteiger partial charge in [0.25, 0.3) is 0 Å². The molecular weight excluding hydrogens is 291 g/mol. The summed E-state index contributed by atoms with van der Waals surface area (Å²) in [5, 5.41) is 2.40. The van der Waals surface area contributed by atoms with Crippen molar-refractivity contribution in [2.45, 2.75) is 41.6 Å². The number of halogens is 3. The Labute approximate surface area is 116 Å². The summed E-state index contributed by atoms with van der Waals surface area (Å²) < 4.78 is 62.7. The van der Waals surface area contributed by atoms with Crippen molar-refractivity contribution in [3.63, 3.8) is 0 Å². The van der Waals surface area contributed by atoms with Crippen LogP contribution in [0.15, 0.2) is 29.2 Å². The molecule has 0 heterocycles. The second-order valence-electron chi connectivity index (χ2n) is 4.99. The van der Waals surface area contributed by atoms with Gasteiger partial charge in [0.2, 0.25) is 0 Å². The van der Waals surface area contributed by atoms with E-state index in [1.165, 1.54) is 6.07 Å². The predicted octanol–water partition coefficient (Wildman–Crippen LogP) is 2.62. The Morgan fingerprint density at radius 1 is 1.25 bits per heavy atom. The van der Waals surface area contributed by atoms with Gasteiger partial charge in [-0.2, -0.15) is 13.2 Å². The van der Waals surface area contributed by atoms with Gasteiger partial charge in [-0.3, -0.25) is 0 Å². The molecule has 0 aliphatic heterocycles. The van der Waals surface area contributed by atoms with Crippen molar-refractivity contribution in [3.8, 4) is 0 Å². The van der Waals surface area contributed by atoms with Crippen LogP contribution in [0.4, 0.5) is 13.2 Å². The van der Waals surface area contributed by atoms with Crippen LogP contribution in [0.2, 0.25) is 0 Å². The molecule has 112 valence electrons. The minimum Gasteiger partial charge on any atom is -0.317 e. The third-order valence-corrected chi connectivity index (χ3v) is 5.94. The van der Waals surface area contributed by atoms with Crippen LogP contribution in [0.5, 0.6) is 0 Å². The Morgan fingerprint density at radius 2 is 1.95 bits per heavy atom. The van der Waals surface area contributed by atoms with Crippen LogP contribution < -0.4 is 5.32 Å². The minimum absolute atomic E-state index is 0.112. The molecule has 7 heteroatoms. The molecule has 2 rings (SSSR count). The predicted molar refractivity (Wildman–Crippen MR) is 69.1 cm³/mol. The quantitative estimate of drug-likeness (QED) is 0.934. The molecule has 2 atom stereocenters. The van der Waals surface area contributed by atoms with Crippen molar-refractivity contribution >= 4 is 9.84 Å². The highest BCUT2D eigenvalue weighted by Gasteiger charge is 2.36. The molecule has 2 unspecified atom stereocenters. The maximum atomic E-state index is 12.6. The van der Waals surface area contributed by atoms with Crippen LogP contribution in [-0.2, 0) is 16.0 Å². The number of nitrogens with one attached hydrogen (secondary N) is 1.